The number of benzene rings is 1. The fourth-order valence-corrected chi connectivity index (χ4v) is 3.72. The Labute approximate surface area is 168 Å². The molecule has 28 heavy (non-hydrogen) atoms. The van der Waals surface area contributed by atoms with Gasteiger partial charge in [0.2, 0.25) is 11.7 Å². The minimum atomic E-state index is -0.0535. The number of hydrogen-bond acceptors (Lipinski definition) is 5. The Morgan fingerprint density at radius 2 is 1.96 bits per heavy atom. The highest BCUT2D eigenvalue weighted by molar-refractivity contribution is 7.99. The van der Waals surface area contributed by atoms with Crippen molar-refractivity contribution in [3.8, 4) is 0 Å². The van der Waals surface area contributed by atoms with Gasteiger partial charge in [-0.05, 0) is 37.8 Å². The first kappa shape index (κ1) is 20.4. The van der Waals surface area contributed by atoms with Crippen molar-refractivity contribution >= 4 is 34.3 Å². The van der Waals surface area contributed by atoms with Crippen molar-refractivity contribution in [2.75, 3.05) is 5.75 Å². The van der Waals surface area contributed by atoms with E-state index >= 15 is 0 Å². The summed E-state index contributed by atoms with van der Waals surface area (Å²) in [5.41, 5.74) is 0.709. The van der Waals surface area contributed by atoms with E-state index in [1.54, 1.807) is 4.57 Å². The largest absolute Gasteiger partial charge is 0.353 e. The summed E-state index contributed by atoms with van der Waals surface area (Å²) in [6, 6.07) is 7.62. The van der Waals surface area contributed by atoms with Crippen LogP contribution in [0.25, 0.3) is 16.7 Å². The Morgan fingerprint density at radius 1 is 1.21 bits per heavy atom. The topological polar surface area (TPSA) is 81.3 Å². The van der Waals surface area contributed by atoms with Gasteiger partial charge in [-0.25, -0.2) is 0 Å². The van der Waals surface area contributed by atoms with Crippen molar-refractivity contribution in [3.63, 3.8) is 0 Å². The van der Waals surface area contributed by atoms with Gasteiger partial charge in [-0.15, -0.1) is 10.2 Å². The van der Waals surface area contributed by atoms with Crippen molar-refractivity contribution < 1.29 is 4.79 Å². The summed E-state index contributed by atoms with van der Waals surface area (Å²) < 4.78 is 3.58. The number of thioether (sulfide) groups is 1. The third-order valence-corrected chi connectivity index (χ3v) is 5.69. The zero-order valence-corrected chi connectivity index (χ0v) is 17.6. The first-order valence-corrected chi connectivity index (χ1v) is 10.7. The average Bonchev–Trinajstić information content (AvgIpc) is 3.10. The molecule has 1 amide bonds. The van der Waals surface area contributed by atoms with Gasteiger partial charge in [0.15, 0.2) is 5.16 Å². The van der Waals surface area contributed by atoms with Crippen molar-refractivity contribution in [2.24, 2.45) is 5.92 Å². The van der Waals surface area contributed by atoms with Gasteiger partial charge in [-0.3, -0.25) is 18.6 Å². The number of carbonyl (C=O) groups is 1. The molecule has 0 aliphatic rings. The molecule has 1 N–H and O–H groups in total. The molecule has 3 aromatic rings. The lowest BCUT2D eigenvalue weighted by atomic mass is 10.1. The molecule has 2 aromatic heterocycles. The van der Waals surface area contributed by atoms with Crippen LogP contribution in [0.1, 0.15) is 40.5 Å². The van der Waals surface area contributed by atoms with Gasteiger partial charge in [-0.1, -0.05) is 44.7 Å². The summed E-state index contributed by atoms with van der Waals surface area (Å²) in [5.74, 6) is 1.21. The Bertz CT molecular complexity index is 1040. The normalized spacial score (nSPS) is 12.8. The molecule has 8 heteroatoms. The SMILES string of the molecule is CC[C@H](C)NC(=O)CSc1nnc2n(CCC(C)C)c(=O)c3ccccc3n12. The second-order valence-corrected chi connectivity index (χ2v) is 8.38. The maximum atomic E-state index is 13.0. The Hall–Kier alpha value is -2.35. The van der Waals surface area contributed by atoms with Gasteiger partial charge in [-0.2, -0.15) is 0 Å². The third kappa shape index (κ3) is 4.22. The summed E-state index contributed by atoms with van der Waals surface area (Å²) in [7, 11) is 0. The molecule has 0 aliphatic heterocycles. The molecule has 0 saturated heterocycles. The molecule has 1 aromatic carbocycles. The maximum Gasteiger partial charge on any atom is 0.262 e. The van der Waals surface area contributed by atoms with Crippen LogP contribution in [0.4, 0.5) is 0 Å². The van der Waals surface area contributed by atoms with Crippen molar-refractivity contribution in [3.05, 3.63) is 34.6 Å². The van der Waals surface area contributed by atoms with Crippen LogP contribution in [0.5, 0.6) is 0 Å². The van der Waals surface area contributed by atoms with Gasteiger partial charge < -0.3 is 5.32 Å². The molecule has 2 heterocycles. The number of aromatic nitrogens is 4. The average molecular weight is 402 g/mol. The molecule has 0 saturated carbocycles. The fraction of sp³-hybridized carbons (Fsp3) is 0.500. The van der Waals surface area contributed by atoms with Crippen LogP contribution in [0.3, 0.4) is 0 Å². The molecular formula is C20H27N5O2S. The third-order valence-electron chi connectivity index (χ3n) is 4.76. The molecule has 0 radical (unpaired) electrons. The highest BCUT2D eigenvalue weighted by Crippen LogP contribution is 2.22. The molecule has 0 spiro atoms. The van der Waals surface area contributed by atoms with Crippen LogP contribution in [-0.4, -0.2) is 36.9 Å². The van der Waals surface area contributed by atoms with Crippen LogP contribution in [0, 0.1) is 5.92 Å². The minimum absolute atomic E-state index is 0.0338. The standard InChI is InChI=1S/C20H27N5O2S/c1-5-14(4)21-17(26)12-28-20-23-22-19-24(11-10-13(2)3)18(27)15-8-6-7-9-16(15)25(19)20/h6-9,13-14H,5,10-12H2,1-4H3,(H,21,26)/t14-/m0/s1. The predicted molar refractivity (Wildman–Crippen MR) is 113 cm³/mol. The lowest BCUT2D eigenvalue weighted by Gasteiger charge is -2.13. The number of hydrogen-bond donors (Lipinski definition) is 1. The summed E-state index contributed by atoms with van der Waals surface area (Å²) >= 11 is 1.33. The van der Waals surface area contributed by atoms with E-state index in [0.717, 1.165) is 18.4 Å². The van der Waals surface area contributed by atoms with E-state index in [0.29, 0.717) is 28.8 Å². The highest BCUT2D eigenvalue weighted by Gasteiger charge is 2.18. The predicted octanol–water partition coefficient (Wildman–Crippen LogP) is 3.10. The number of nitrogens with one attached hydrogen (secondary N) is 1. The van der Waals surface area contributed by atoms with Crippen LogP contribution >= 0.6 is 11.8 Å². The molecular weight excluding hydrogens is 374 g/mol. The number of para-hydroxylation sites is 1. The van der Waals surface area contributed by atoms with Gasteiger partial charge in [0.1, 0.15) is 0 Å². The zero-order chi connectivity index (χ0) is 20.3. The van der Waals surface area contributed by atoms with E-state index in [-0.39, 0.29) is 23.3 Å². The van der Waals surface area contributed by atoms with Crippen molar-refractivity contribution in [1.29, 1.82) is 0 Å². The van der Waals surface area contributed by atoms with Gasteiger partial charge >= 0.3 is 0 Å². The summed E-state index contributed by atoms with van der Waals surface area (Å²) in [5, 5.41) is 12.8. The van der Waals surface area contributed by atoms with E-state index in [1.165, 1.54) is 11.8 Å². The summed E-state index contributed by atoms with van der Waals surface area (Å²) in [6.07, 6.45) is 1.76. The second kappa shape index (κ2) is 8.77. The minimum Gasteiger partial charge on any atom is -0.353 e. The molecule has 3 rings (SSSR count). The first-order chi connectivity index (χ1) is 13.4. The van der Waals surface area contributed by atoms with E-state index in [1.807, 2.05) is 42.5 Å². The fourth-order valence-electron chi connectivity index (χ4n) is 2.96. The maximum absolute atomic E-state index is 13.0. The van der Waals surface area contributed by atoms with Crippen LogP contribution in [-0.2, 0) is 11.3 Å². The van der Waals surface area contributed by atoms with Crippen molar-refractivity contribution in [2.45, 2.75) is 58.3 Å². The number of fused-ring (bicyclic) bond motifs is 3. The number of rotatable bonds is 8. The van der Waals surface area contributed by atoms with Gasteiger partial charge in [0, 0.05) is 12.6 Å². The zero-order valence-electron chi connectivity index (χ0n) is 16.8. The molecule has 0 aliphatic carbocycles. The van der Waals surface area contributed by atoms with E-state index < -0.39 is 0 Å². The second-order valence-electron chi connectivity index (χ2n) is 7.44. The lowest BCUT2D eigenvalue weighted by Crippen LogP contribution is -2.33. The Morgan fingerprint density at radius 3 is 2.68 bits per heavy atom. The number of amides is 1. The Kier molecular flexibility index (Phi) is 6.39. The quantitative estimate of drug-likeness (QED) is 0.587. The van der Waals surface area contributed by atoms with Crippen LogP contribution in [0.15, 0.2) is 34.2 Å². The molecule has 150 valence electrons. The van der Waals surface area contributed by atoms with Gasteiger partial charge in [0.05, 0.1) is 16.7 Å². The number of nitrogens with zero attached hydrogens (tertiary/aromatic N) is 4. The molecule has 1 atom stereocenters. The molecule has 0 unspecified atom stereocenters. The molecule has 0 fully saturated rings. The van der Waals surface area contributed by atoms with Crippen LogP contribution in [0.2, 0.25) is 0 Å². The smallest absolute Gasteiger partial charge is 0.262 e. The lowest BCUT2D eigenvalue weighted by molar-refractivity contribution is -0.119. The molecule has 0 bridgehead atoms. The summed E-state index contributed by atoms with van der Waals surface area (Å²) in [4.78, 5) is 25.2. The van der Waals surface area contributed by atoms with Crippen molar-refractivity contribution in [1.82, 2.24) is 24.5 Å². The van der Waals surface area contributed by atoms with E-state index in [9.17, 15) is 9.59 Å². The monoisotopic (exact) mass is 401 g/mol. The van der Waals surface area contributed by atoms with E-state index in [2.05, 4.69) is 29.4 Å². The molecule has 7 nitrogen and oxygen atoms in total. The van der Waals surface area contributed by atoms with Crippen LogP contribution < -0.4 is 10.9 Å². The number of aryl methyl sites for hydroxylation is 1. The number of carbonyl (C=O) groups excluding carboxylic acids is 1. The highest BCUT2D eigenvalue weighted by atomic mass is 32.2. The first-order valence-electron chi connectivity index (χ1n) is 9.71. The van der Waals surface area contributed by atoms with Gasteiger partial charge in [0.25, 0.3) is 5.56 Å². The van der Waals surface area contributed by atoms with E-state index in [4.69, 9.17) is 0 Å². The Balaban J connectivity index is 2.01. The summed E-state index contributed by atoms with van der Waals surface area (Å²) in [6.45, 7) is 8.86.